The fraction of sp³-hybridized carbons (Fsp3) is 0.111. The summed E-state index contributed by atoms with van der Waals surface area (Å²) in [5.41, 5.74) is 0.697. The van der Waals surface area contributed by atoms with Crippen LogP contribution in [0.25, 0.3) is 11.4 Å². The van der Waals surface area contributed by atoms with E-state index in [1.165, 1.54) is 31.2 Å². The molecule has 2 aromatic carbocycles. The van der Waals surface area contributed by atoms with Gasteiger partial charge in [-0.25, -0.2) is 9.18 Å². The number of amides is 1. The number of esters is 1. The minimum atomic E-state index is -0.877. The molecule has 0 saturated heterocycles. The molecule has 1 aromatic heterocycles. The van der Waals surface area contributed by atoms with E-state index in [1.54, 1.807) is 19.1 Å². The summed E-state index contributed by atoms with van der Waals surface area (Å²) in [4.78, 5) is 27.4. The number of nitrogens with zero attached hydrogens (tertiary/aromatic N) is 2. The van der Waals surface area contributed by atoms with Crippen molar-refractivity contribution in [1.29, 1.82) is 0 Å². The van der Waals surface area contributed by atoms with Crippen molar-refractivity contribution in [2.24, 2.45) is 0 Å². The Morgan fingerprint density at radius 2 is 1.88 bits per heavy atom. The second kappa shape index (κ2) is 7.14. The van der Waals surface area contributed by atoms with Gasteiger partial charge in [0, 0.05) is 25.1 Å². The van der Waals surface area contributed by atoms with Crippen LogP contribution in [-0.4, -0.2) is 22.0 Å². The number of benzene rings is 2. The van der Waals surface area contributed by atoms with Gasteiger partial charge in [-0.2, -0.15) is 4.98 Å². The van der Waals surface area contributed by atoms with E-state index in [0.717, 1.165) is 6.07 Å². The fourth-order valence-electron chi connectivity index (χ4n) is 2.21. The van der Waals surface area contributed by atoms with Crippen molar-refractivity contribution in [1.82, 2.24) is 10.1 Å². The van der Waals surface area contributed by atoms with E-state index in [1.807, 2.05) is 0 Å². The number of hydrogen-bond donors (Lipinski definition) is 1. The number of aryl methyl sites for hydroxylation is 1. The monoisotopic (exact) mass is 355 g/mol. The van der Waals surface area contributed by atoms with E-state index < -0.39 is 11.8 Å². The van der Waals surface area contributed by atoms with Crippen LogP contribution in [0.15, 0.2) is 47.0 Å². The highest BCUT2D eigenvalue weighted by molar-refractivity contribution is 5.94. The van der Waals surface area contributed by atoms with Crippen LogP contribution in [0.5, 0.6) is 5.75 Å². The smallest absolute Gasteiger partial charge is 0.346 e. The normalized spacial score (nSPS) is 10.4. The van der Waals surface area contributed by atoms with Crippen molar-refractivity contribution < 1.29 is 23.2 Å². The number of carbonyl (C=O) groups is 2. The Kier molecular flexibility index (Phi) is 4.74. The maximum Gasteiger partial charge on any atom is 0.346 e. The lowest BCUT2D eigenvalue weighted by atomic mass is 10.2. The highest BCUT2D eigenvalue weighted by Gasteiger charge is 2.16. The van der Waals surface area contributed by atoms with Gasteiger partial charge in [-0.3, -0.25) is 4.79 Å². The van der Waals surface area contributed by atoms with Gasteiger partial charge < -0.3 is 14.6 Å². The van der Waals surface area contributed by atoms with Crippen molar-refractivity contribution in [2.45, 2.75) is 13.8 Å². The Morgan fingerprint density at radius 3 is 2.50 bits per heavy atom. The summed E-state index contributed by atoms with van der Waals surface area (Å²) in [6, 6.07) is 10.0. The second-order valence-electron chi connectivity index (χ2n) is 5.43. The molecule has 1 N–H and O–H groups in total. The van der Waals surface area contributed by atoms with Gasteiger partial charge in [0.05, 0.1) is 5.56 Å². The van der Waals surface area contributed by atoms with Crippen molar-refractivity contribution in [3.63, 3.8) is 0 Å². The zero-order valence-corrected chi connectivity index (χ0v) is 13.9. The third kappa shape index (κ3) is 3.92. The summed E-state index contributed by atoms with van der Waals surface area (Å²) < 4.78 is 24.0. The molecule has 1 heterocycles. The Balaban J connectivity index is 1.76. The van der Waals surface area contributed by atoms with E-state index in [4.69, 9.17) is 9.26 Å². The zero-order chi connectivity index (χ0) is 18.7. The van der Waals surface area contributed by atoms with Gasteiger partial charge in [0.15, 0.2) is 0 Å². The number of anilines is 1. The summed E-state index contributed by atoms with van der Waals surface area (Å²) in [5, 5.41) is 6.27. The van der Waals surface area contributed by atoms with Crippen LogP contribution in [0.4, 0.5) is 10.1 Å². The molecule has 0 spiro atoms. The van der Waals surface area contributed by atoms with Crippen LogP contribution in [0.2, 0.25) is 0 Å². The first kappa shape index (κ1) is 17.3. The molecule has 0 aliphatic carbocycles. The number of ether oxygens (including phenoxy) is 1. The van der Waals surface area contributed by atoms with E-state index in [9.17, 15) is 14.0 Å². The Morgan fingerprint density at radius 1 is 1.15 bits per heavy atom. The molecule has 3 rings (SSSR count). The number of carbonyl (C=O) groups excluding carboxylic acids is 2. The molecule has 26 heavy (non-hydrogen) atoms. The van der Waals surface area contributed by atoms with Gasteiger partial charge in [0.1, 0.15) is 11.6 Å². The number of nitrogens with one attached hydrogen (secondary N) is 1. The molecule has 7 nitrogen and oxygen atoms in total. The summed E-state index contributed by atoms with van der Waals surface area (Å²) >= 11 is 0. The molecular formula is C18H14FN3O4. The second-order valence-corrected chi connectivity index (χ2v) is 5.43. The lowest BCUT2D eigenvalue weighted by Crippen LogP contribution is -2.12. The molecule has 1 amide bonds. The fourth-order valence-corrected chi connectivity index (χ4v) is 2.21. The molecule has 8 heteroatoms. The van der Waals surface area contributed by atoms with Crippen molar-refractivity contribution >= 4 is 17.6 Å². The number of halogens is 1. The van der Waals surface area contributed by atoms with Crippen LogP contribution in [0.3, 0.4) is 0 Å². The molecule has 0 bridgehead atoms. The van der Waals surface area contributed by atoms with E-state index >= 15 is 0 Å². The van der Waals surface area contributed by atoms with E-state index in [-0.39, 0.29) is 17.2 Å². The minimum Gasteiger partial charge on any atom is -0.423 e. The van der Waals surface area contributed by atoms with E-state index in [2.05, 4.69) is 15.5 Å². The number of hydrogen-bond acceptors (Lipinski definition) is 6. The molecule has 0 aliphatic heterocycles. The molecule has 3 aromatic rings. The first-order valence-corrected chi connectivity index (χ1v) is 7.62. The predicted octanol–water partition coefficient (Wildman–Crippen LogP) is 3.36. The summed E-state index contributed by atoms with van der Waals surface area (Å²) in [6.45, 7) is 2.99. The van der Waals surface area contributed by atoms with Crippen molar-refractivity contribution in [2.75, 3.05) is 5.32 Å². The molecule has 0 fully saturated rings. The van der Waals surface area contributed by atoms with E-state index in [0.29, 0.717) is 23.0 Å². The molecule has 0 atom stereocenters. The van der Waals surface area contributed by atoms with Gasteiger partial charge in [-0.1, -0.05) is 5.16 Å². The molecule has 132 valence electrons. The SMILES string of the molecule is CC(=O)Nc1ccc(F)c(C(=O)Oc2ccc(-c3noc(C)n3)cc2)c1. The first-order valence-electron chi connectivity index (χ1n) is 7.62. The highest BCUT2D eigenvalue weighted by Crippen LogP contribution is 2.22. The zero-order valence-electron chi connectivity index (χ0n) is 13.9. The molecule has 0 unspecified atom stereocenters. The van der Waals surface area contributed by atoms with Crippen LogP contribution in [0, 0.1) is 12.7 Å². The number of rotatable bonds is 4. The standard InChI is InChI=1S/C18H14FN3O4/c1-10(23)20-13-5-8-16(19)15(9-13)18(24)25-14-6-3-12(4-7-14)17-21-11(2)26-22-17/h3-9H,1-2H3,(H,20,23). The third-order valence-corrected chi connectivity index (χ3v) is 3.36. The van der Waals surface area contributed by atoms with Gasteiger partial charge in [-0.05, 0) is 42.5 Å². The van der Waals surface area contributed by atoms with Crippen LogP contribution >= 0.6 is 0 Å². The van der Waals surface area contributed by atoms with Crippen LogP contribution in [0.1, 0.15) is 23.2 Å². The van der Waals surface area contributed by atoms with Gasteiger partial charge in [0.25, 0.3) is 0 Å². The topological polar surface area (TPSA) is 94.3 Å². The highest BCUT2D eigenvalue weighted by atomic mass is 19.1. The minimum absolute atomic E-state index is 0.225. The van der Waals surface area contributed by atoms with Crippen LogP contribution < -0.4 is 10.1 Å². The Hall–Kier alpha value is -3.55. The Labute approximate surface area is 147 Å². The van der Waals surface area contributed by atoms with Gasteiger partial charge >= 0.3 is 5.97 Å². The molecular weight excluding hydrogens is 341 g/mol. The quantitative estimate of drug-likeness (QED) is 0.570. The lowest BCUT2D eigenvalue weighted by molar-refractivity contribution is -0.114. The Bertz CT molecular complexity index is 967. The number of aromatic nitrogens is 2. The summed E-state index contributed by atoms with van der Waals surface area (Å²) in [7, 11) is 0. The maximum atomic E-state index is 13.9. The molecule has 0 radical (unpaired) electrons. The summed E-state index contributed by atoms with van der Waals surface area (Å²) in [5.74, 6) is -0.883. The average molecular weight is 355 g/mol. The maximum absolute atomic E-state index is 13.9. The largest absolute Gasteiger partial charge is 0.423 e. The third-order valence-electron chi connectivity index (χ3n) is 3.36. The molecule has 0 saturated carbocycles. The van der Waals surface area contributed by atoms with Crippen LogP contribution in [-0.2, 0) is 4.79 Å². The molecule has 0 aliphatic rings. The first-order chi connectivity index (χ1) is 12.4. The summed E-state index contributed by atoms with van der Waals surface area (Å²) in [6.07, 6.45) is 0. The van der Waals surface area contributed by atoms with Gasteiger partial charge in [-0.15, -0.1) is 0 Å². The van der Waals surface area contributed by atoms with Crippen molar-refractivity contribution in [3.8, 4) is 17.1 Å². The average Bonchev–Trinajstić information content (AvgIpc) is 3.03. The van der Waals surface area contributed by atoms with Gasteiger partial charge in [0.2, 0.25) is 17.6 Å². The van der Waals surface area contributed by atoms with Crippen molar-refractivity contribution in [3.05, 3.63) is 59.7 Å². The lowest BCUT2D eigenvalue weighted by Gasteiger charge is -2.08. The predicted molar refractivity (Wildman–Crippen MR) is 90.1 cm³/mol.